The Morgan fingerprint density at radius 2 is 1.71 bits per heavy atom. The molecule has 0 aromatic heterocycles. The predicted octanol–water partition coefficient (Wildman–Crippen LogP) is 2.99. The molecule has 1 N–H and O–H groups in total. The minimum atomic E-state index is 0. The lowest BCUT2D eigenvalue weighted by Crippen LogP contribution is -2.49. The summed E-state index contributed by atoms with van der Waals surface area (Å²) in [5.41, 5.74) is 3.98. The molecule has 0 radical (unpaired) electrons. The Morgan fingerprint density at radius 1 is 0.964 bits per heavy atom. The fourth-order valence-corrected chi connectivity index (χ4v) is 3.81. The van der Waals surface area contributed by atoms with Gasteiger partial charge in [-0.2, -0.15) is 0 Å². The number of hydrogen-bond acceptors (Lipinski definition) is 3. The number of carbonyl (C=O) groups excluding carboxylic acids is 2. The molecule has 0 bridgehead atoms. The average Bonchev–Trinajstić information content (AvgIpc) is 2.72. The monoisotopic (exact) mass is 399 g/mol. The third-order valence-electron chi connectivity index (χ3n) is 5.47. The Hall–Kier alpha value is -2.37. The maximum atomic E-state index is 12.9. The number of aryl methyl sites for hydroxylation is 1. The zero-order valence-corrected chi connectivity index (χ0v) is 16.7. The van der Waals surface area contributed by atoms with Crippen molar-refractivity contribution in [2.24, 2.45) is 0 Å². The van der Waals surface area contributed by atoms with Crippen molar-refractivity contribution >= 4 is 29.9 Å². The number of fused-ring (bicyclic) bond motifs is 1. The maximum Gasteiger partial charge on any atom is 0.253 e. The number of benzene rings is 2. The lowest BCUT2D eigenvalue weighted by Gasteiger charge is -2.35. The first-order chi connectivity index (χ1) is 13.2. The van der Waals surface area contributed by atoms with Crippen LogP contribution in [0.1, 0.15) is 27.9 Å². The van der Waals surface area contributed by atoms with Gasteiger partial charge in [-0.3, -0.25) is 14.5 Å². The fraction of sp³-hybridized carbons (Fsp3) is 0.364. The van der Waals surface area contributed by atoms with E-state index in [2.05, 4.69) is 34.5 Å². The fourth-order valence-electron chi connectivity index (χ4n) is 3.81. The van der Waals surface area contributed by atoms with E-state index in [0.29, 0.717) is 12.8 Å². The van der Waals surface area contributed by atoms with Crippen molar-refractivity contribution in [3.8, 4) is 0 Å². The zero-order valence-electron chi connectivity index (χ0n) is 15.9. The van der Waals surface area contributed by atoms with Gasteiger partial charge in [0.05, 0.1) is 0 Å². The first-order valence-electron chi connectivity index (χ1n) is 9.67. The van der Waals surface area contributed by atoms with Crippen molar-refractivity contribution in [3.63, 3.8) is 0 Å². The van der Waals surface area contributed by atoms with Gasteiger partial charge in [0, 0.05) is 50.4 Å². The van der Waals surface area contributed by atoms with E-state index in [9.17, 15) is 9.59 Å². The molecule has 2 heterocycles. The van der Waals surface area contributed by atoms with E-state index in [-0.39, 0.29) is 24.2 Å². The van der Waals surface area contributed by atoms with Gasteiger partial charge in [-0.25, -0.2) is 0 Å². The van der Waals surface area contributed by atoms with E-state index in [1.54, 1.807) is 0 Å². The highest BCUT2D eigenvalue weighted by Gasteiger charge is 2.23. The molecule has 1 fully saturated rings. The van der Waals surface area contributed by atoms with Gasteiger partial charge < -0.3 is 10.2 Å². The van der Waals surface area contributed by atoms with Crippen LogP contribution in [0.25, 0.3) is 0 Å². The molecule has 6 heteroatoms. The van der Waals surface area contributed by atoms with Crippen molar-refractivity contribution < 1.29 is 9.59 Å². The molecular weight excluding hydrogens is 374 g/mol. The maximum absolute atomic E-state index is 12.9. The summed E-state index contributed by atoms with van der Waals surface area (Å²) in [7, 11) is 0. The zero-order chi connectivity index (χ0) is 18.6. The number of piperazine rings is 1. The number of amides is 2. The summed E-state index contributed by atoms with van der Waals surface area (Å²) in [6.45, 7) is 4.40. The standard InChI is InChI=1S/C22H25N3O2.ClH/c26-21-9-7-18-16-19(6-8-20(18)23-21)22(27)25-14-12-24(13-15-25)11-10-17-4-2-1-3-5-17;/h1-6,8,16H,7,9-15H2,(H,23,26);1H. The Bertz CT molecular complexity index is 833. The number of rotatable bonds is 4. The van der Waals surface area contributed by atoms with Crippen LogP contribution in [-0.2, 0) is 17.6 Å². The largest absolute Gasteiger partial charge is 0.336 e. The normalized spacial score (nSPS) is 16.7. The first-order valence-corrected chi connectivity index (χ1v) is 9.67. The van der Waals surface area contributed by atoms with Crippen LogP contribution in [0.3, 0.4) is 0 Å². The summed E-state index contributed by atoms with van der Waals surface area (Å²) >= 11 is 0. The van der Waals surface area contributed by atoms with Gasteiger partial charge in [0.1, 0.15) is 0 Å². The van der Waals surface area contributed by atoms with Crippen LogP contribution < -0.4 is 5.32 Å². The summed E-state index contributed by atoms with van der Waals surface area (Å²) < 4.78 is 0. The quantitative estimate of drug-likeness (QED) is 0.859. The number of halogens is 1. The summed E-state index contributed by atoms with van der Waals surface area (Å²) in [6.07, 6.45) is 2.24. The number of anilines is 1. The number of nitrogens with zero attached hydrogens (tertiary/aromatic N) is 2. The third kappa shape index (κ3) is 4.72. The third-order valence-corrected chi connectivity index (χ3v) is 5.47. The molecule has 2 amide bonds. The Kier molecular flexibility index (Phi) is 6.70. The van der Waals surface area contributed by atoms with Crippen LogP contribution in [0.4, 0.5) is 5.69 Å². The van der Waals surface area contributed by atoms with E-state index < -0.39 is 0 Å². The van der Waals surface area contributed by atoms with Crippen LogP contribution >= 0.6 is 12.4 Å². The molecule has 2 aliphatic rings. The van der Waals surface area contributed by atoms with E-state index >= 15 is 0 Å². The van der Waals surface area contributed by atoms with E-state index in [1.165, 1.54) is 5.56 Å². The van der Waals surface area contributed by atoms with Crippen molar-refractivity contribution in [2.75, 3.05) is 38.0 Å². The number of carbonyl (C=O) groups is 2. The van der Waals surface area contributed by atoms with Gasteiger partial charge in [0.15, 0.2) is 0 Å². The lowest BCUT2D eigenvalue weighted by molar-refractivity contribution is -0.116. The van der Waals surface area contributed by atoms with Crippen molar-refractivity contribution in [1.82, 2.24) is 9.80 Å². The summed E-state index contributed by atoms with van der Waals surface area (Å²) in [6, 6.07) is 16.2. The Labute approximate surface area is 172 Å². The van der Waals surface area contributed by atoms with E-state index in [4.69, 9.17) is 0 Å². The second kappa shape index (κ2) is 9.22. The second-order valence-corrected chi connectivity index (χ2v) is 7.29. The number of hydrogen-bond donors (Lipinski definition) is 1. The van der Waals surface area contributed by atoms with Crippen molar-refractivity contribution in [1.29, 1.82) is 0 Å². The molecule has 4 rings (SSSR count). The molecule has 0 atom stereocenters. The van der Waals surface area contributed by atoms with Crippen molar-refractivity contribution in [3.05, 3.63) is 65.2 Å². The SMILES string of the molecule is Cl.O=C1CCc2cc(C(=O)N3CCN(CCc4ccccc4)CC3)ccc2N1. The second-order valence-electron chi connectivity index (χ2n) is 7.29. The molecular formula is C22H26ClN3O2. The van der Waals surface area contributed by atoms with Crippen molar-refractivity contribution in [2.45, 2.75) is 19.3 Å². The molecule has 2 aliphatic heterocycles. The molecule has 2 aromatic rings. The Balaban J connectivity index is 0.00000225. The summed E-state index contributed by atoms with van der Waals surface area (Å²) in [5, 5.41) is 2.87. The molecule has 0 saturated carbocycles. The molecule has 5 nitrogen and oxygen atoms in total. The molecule has 28 heavy (non-hydrogen) atoms. The van der Waals surface area contributed by atoms with Crippen LogP contribution in [0.5, 0.6) is 0 Å². The van der Waals surface area contributed by atoms with Crippen LogP contribution in [-0.4, -0.2) is 54.3 Å². The molecule has 0 spiro atoms. The topological polar surface area (TPSA) is 52.7 Å². The highest BCUT2D eigenvalue weighted by Crippen LogP contribution is 2.24. The van der Waals surface area contributed by atoms with Gasteiger partial charge >= 0.3 is 0 Å². The molecule has 2 aromatic carbocycles. The van der Waals surface area contributed by atoms with Crippen LogP contribution in [0.2, 0.25) is 0 Å². The Morgan fingerprint density at radius 3 is 2.46 bits per heavy atom. The predicted molar refractivity (Wildman–Crippen MR) is 113 cm³/mol. The lowest BCUT2D eigenvalue weighted by atomic mass is 10.00. The minimum absolute atomic E-state index is 0. The van der Waals surface area contributed by atoms with Crippen LogP contribution in [0, 0.1) is 0 Å². The van der Waals surface area contributed by atoms with Gasteiger partial charge in [-0.15, -0.1) is 12.4 Å². The smallest absolute Gasteiger partial charge is 0.253 e. The average molecular weight is 400 g/mol. The highest BCUT2D eigenvalue weighted by atomic mass is 35.5. The van der Waals surface area contributed by atoms with E-state index in [1.807, 2.05) is 29.2 Å². The number of nitrogens with one attached hydrogen (secondary N) is 1. The first kappa shape index (κ1) is 20.4. The van der Waals surface area contributed by atoms with E-state index in [0.717, 1.165) is 56.0 Å². The van der Waals surface area contributed by atoms with Gasteiger partial charge in [0.25, 0.3) is 5.91 Å². The molecule has 148 valence electrons. The molecule has 0 unspecified atom stereocenters. The minimum Gasteiger partial charge on any atom is -0.336 e. The molecule has 0 aliphatic carbocycles. The van der Waals surface area contributed by atoms with Crippen LogP contribution in [0.15, 0.2) is 48.5 Å². The van der Waals surface area contributed by atoms with Gasteiger partial charge in [-0.1, -0.05) is 30.3 Å². The summed E-state index contributed by atoms with van der Waals surface area (Å²) in [4.78, 5) is 28.7. The highest BCUT2D eigenvalue weighted by molar-refractivity contribution is 5.98. The van der Waals surface area contributed by atoms with Gasteiger partial charge in [0.2, 0.25) is 5.91 Å². The molecule has 1 saturated heterocycles. The van der Waals surface area contributed by atoms with Gasteiger partial charge in [-0.05, 0) is 42.2 Å². The summed E-state index contributed by atoms with van der Waals surface area (Å²) in [5.74, 6) is 0.144.